The van der Waals surface area contributed by atoms with Gasteiger partial charge in [0.1, 0.15) is 0 Å². The summed E-state index contributed by atoms with van der Waals surface area (Å²) < 4.78 is 23.9. The van der Waals surface area contributed by atoms with Crippen LogP contribution in [0.3, 0.4) is 0 Å². The Labute approximate surface area is 70.6 Å². The highest BCUT2D eigenvalue weighted by molar-refractivity contribution is 7.82. The fourth-order valence-corrected chi connectivity index (χ4v) is 1.98. The first kappa shape index (κ1) is 12.3. The van der Waals surface area contributed by atoms with E-state index in [2.05, 4.69) is 4.31 Å². The third kappa shape index (κ3) is 3.25. The van der Waals surface area contributed by atoms with Gasteiger partial charge in [-0.2, -0.15) is 0 Å². The largest absolute Gasteiger partial charge is 0.472 e. The minimum Gasteiger partial charge on any atom is -0.472 e. The van der Waals surface area contributed by atoms with Crippen LogP contribution in [0.15, 0.2) is 0 Å². The Morgan fingerprint density at radius 2 is 1.15 bits per heavy atom. The molecule has 0 saturated heterocycles. The van der Waals surface area contributed by atoms with Gasteiger partial charge in [0.25, 0.3) is 0 Å². The van der Waals surface area contributed by atoms with Crippen molar-refractivity contribution in [2.75, 3.05) is 0 Å². The van der Waals surface area contributed by atoms with Gasteiger partial charge < -0.3 is 20.0 Å². The smallest absolute Gasteiger partial charge is 0.443 e. The molecule has 4 N–H and O–H groups in total. The molecule has 0 radical (unpaired) electrons. The van der Waals surface area contributed by atoms with Crippen LogP contribution in [-0.4, -0.2) is 31.4 Å². The molecule has 0 aromatic rings. The van der Waals surface area contributed by atoms with Gasteiger partial charge in [-0.15, -0.1) is 0 Å². The molecule has 0 heterocycles. The Balaban J connectivity index is 4.84. The zero-order valence-corrected chi connectivity index (χ0v) is 7.51. The number of carboxylic acid groups (broad SMARTS) is 2. The van der Waals surface area contributed by atoms with Gasteiger partial charge in [-0.25, -0.2) is 23.0 Å². The van der Waals surface area contributed by atoms with E-state index >= 15 is 0 Å². The van der Waals surface area contributed by atoms with Crippen molar-refractivity contribution < 1.29 is 43.0 Å². The zero-order valence-electron chi connectivity index (χ0n) is 5.72. The van der Waals surface area contributed by atoms with Crippen LogP contribution in [0.5, 0.6) is 0 Å². The fourth-order valence-electron chi connectivity index (χ4n) is 0.220. The van der Waals surface area contributed by atoms with E-state index in [-0.39, 0.29) is 0 Å². The second-order valence-corrected chi connectivity index (χ2v) is 5.19. The lowest BCUT2D eigenvalue weighted by Crippen LogP contribution is -2.02. The number of hydrogen-bond donors (Lipinski definition) is 4. The van der Waals surface area contributed by atoms with Crippen molar-refractivity contribution in [2.45, 2.75) is 0 Å². The van der Waals surface area contributed by atoms with Crippen LogP contribution in [0.4, 0.5) is 9.59 Å². The summed E-state index contributed by atoms with van der Waals surface area (Å²) in [5.74, 6) is 0. The van der Waals surface area contributed by atoms with Gasteiger partial charge in [-0.3, -0.25) is 0 Å². The minimum absolute atomic E-state index is 2.41. The van der Waals surface area contributed by atoms with E-state index in [9.17, 15) is 18.7 Å². The maximum atomic E-state index is 10.4. The maximum Gasteiger partial charge on any atom is 0.443 e. The average Bonchev–Trinajstić information content (AvgIpc) is 1.83. The lowest BCUT2D eigenvalue weighted by Gasteiger charge is -2.08. The van der Waals surface area contributed by atoms with Crippen molar-refractivity contribution in [3.05, 3.63) is 0 Å². The lowest BCUT2D eigenvalue weighted by molar-refractivity contribution is 0.201. The summed E-state index contributed by atoms with van der Waals surface area (Å²) in [5.41, 5.74) is -4.83. The predicted octanol–water partition coefficient (Wildman–Crippen LogP) is 0.730. The SMILES string of the molecule is O=C(O)P(=O)(O)OP(=O)(O)C(=O)O. The molecule has 0 spiro atoms. The van der Waals surface area contributed by atoms with Crippen molar-refractivity contribution in [2.24, 2.45) is 0 Å². The molecule has 13 heavy (non-hydrogen) atoms. The van der Waals surface area contributed by atoms with E-state index in [0.717, 1.165) is 0 Å². The van der Waals surface area contributed by atoms with Gasteiger partial charge in [-0.05, 0) is 0 Å². The van der Waals surface area contributed by atoms with Gasteiger partial charge in [-0.1, -0.05) is 0 Å². The van der Waals surface area contributed by atoms with Gasteiger partial charge >= 0.3 is 26.6 Å². The van der Waals surface area contributed by atoms with E-state index in [1.165, 1.54) is 0 Å². The van der Waals surface area contributed by atoms with Gasteiger partial charge in [0.15, 0.2) is 0 Å². The molecule has 0 bridgehead atoms. The van der Waals surface area contributed by atoms with Crippen LogP contribution in [-0.2, 0) is 13.4 Å². The average molecular weight is 234 g/mol. The topological polar surface area (TPSA) is 158 Å². The Hall–Kier alpha value is -0.720. The molecule has 0 aromatic heterocycles. The second kappa shape index (κ2) is 3.57. The summed E-state index contributed by atoms with van der Waals surface area (Å²) in [5, 5.41) is 15.8. The molecule has 0 aliphatic rings. The molecular weight excluding hydrogens is 230 g/mol. The molecule has 0 rings (SSSR count). The molecule has 0 saturated carbocycles. The van der Waals surface area contributed by atoms with E-state index in [4.69, 9.17) is 20.0 Å². The summed E-state index contributed by atoms with van der Waals surface area (Å²) >= 11 is 0. The molecule has 9 nitrogen and oxygen atoms in total. The summed E-state index contributed by atoms with van der Waals surface area (Å²) in [4.78, 5) is 36.3. The fraction of sp³-hybridized carbons (Fsp3) is 0. The quantitative estimate of drug-likeness (QED) is 0.514. The van der Waals surface area contributed by atoms with E-state index < -0.39 is 26.6 Å². The highest BCUT2D eigenvalue weighted by atomic mass is 31.3. The Kier molecular flexibility index (Phi) is 3.37. The zero-order chi connectivity index (χ0) is 10.9. The van der Waals surface area contributed by atoms with Crippen molar-refractivity contribution in [1.29, 1.82) is 0 Å². The van der Waals surface area contributed by atoms with Crippen LogP contribution >= 0.6 is 15.2 Å². The third-order valence-corrected chi connectivity index (χ3v) is 3.44. The Bertz CT molecular complexity index is 297. The first-order valence-electron chi connectivity index (χ1n) is 2.43. The Morgan fingerprint density at radius 3 is 1.31 bits per heavy atom. The van der Waals surface area contributed by atoms with E-state index in [0.29, 0.717) is 0 Å². The number of hydrogen-bond acceptors (Lipinski definition) is 5. The van der Waals surface area contributed by atoms with Crippen LogP contribution in [0.2, 0.25) is 0 Å². The summed E-state index contributed by atoms with van der Waals surface area (Å²) in [6.07, 6.45) is 0. The summed E-state index contributed by atoms with van der Waals surface area (Å²) in [6.45, 7) is 0. The molecule has 0 aromatic carbocycles. The van der Waals surface area contributed by atoms with E-state index in [1.807, 2.05) is 0 Å². The third-order valence-electron chi connectivity index (χ3n) is 0.705. The molecule has 11 heteroatoms. The van der Waals surface area contributed by atoms with Gasteiger partial charge in [0.05, 0.1) is 0 Å². The number of rotatable bonds is 4. The van der Waals surface area contributed by atoms with Gasteiger partial charge in [0, 0.05) is 0 Å². The first-order valence-corrected chi connectivity index (χ1v) is 5.59. The second-order valence-electron chi connectivity index (χ2n) is 1.69. The molecule has 0 aliphatic carbocycles. The van der Waals surface area contributed by atoms with E-state index in [1.54, 1.807) is 0 Å². The van der Waals surface area contributed by atoms with Crippen LogP contribution in [0.1, 0.15) is 0 Å². The highest BCUT2D eigenvalue weighted by Crippen LogP contribution is 2.59. The van der Waals surface area contributed by atoms with Crippen LogP contribution < -0.4 is 0 Å². The van der Waals surface area contributed by atoms with Crippen molar-refractivity contribution in [1.82, 2.24) is 0 Å². The molecule has 0 amide bonds. The van der Waals surface area contributed by atoms with Crippen molar-refractivity contribution in [3.8, 4) is 0 Å². The first-order chi connectivity index (χ1) is 5.59. The van der Waals surface area contributed by atoms with Crippen LogP contribution in [0.25, 0.3) is 0 Å². The molecular formula is C2H4O9P2. The number of carbonyl (C=O) groups is 2. The van der Waals surface area contributed by atoms with Gasteiger partial charge in [0.2, 0.25) is 0 Å². The molecule has 2 unspecified atom stereocenters. The summed E-state index contributed by atoms with van der Waals surface area (Å²) in [6, 6.07) is 0. The standard InChI is InChI=1S/C2H4O9P2/c3-1(4)12(7,8)11-13(9,10)2(5)6/h(H,3,4)(H,5,6)(H,7,8)(H,9,10). The molecule has 0 aliphatic heterocycles. The predicted molar refractivity (Wildman–Crippen MR) is 36.8 cm³/mol. The van der Waals surface area contributed by atoms with Crippen LogP contribution in [0, 0.1) is 0 Å². The van der Waals surface area contributed by atoms with Crippen molar-refractivity contribution in [3.63, 3.8) is 0 Å². The summed E-state index contributed by atoms with van der Waals surface area (Å²) in [7, 11) is -10.8. The lowest BCUT2D eigenvalue weighted by atomic mass is 11.6. The monoisotopic (exact) mass is 234 g/mol. The highest BCUT2D eigenvalue weighted by Gasteiger charge is 2.43. The molecule has 0 fully saturated rings. The maximum absolute atomic E-state index is 10.4. The molecule has 76 valence electrons. The molecule has 2 atom stereocenters. The minimum atomic E-state index is -5.42. The Morgan fingerprint density at radius 1 is 0.923 bits per heavy atom. The normalized spacial score (nSPS) is 19.8. The van der Waals surface area contributed by atoms with Crippen molar-refractivity contribution >= 4 is 26.6 Å².